The normalized spacial score (nSPS) is 11.5. The Morgan fingerprint density at radius 3 is 2.19 bits per heavy atom. The van der Waals surface area contributed by atoms with Gasteiger partial charge in [-0.25, -0.2) is 4.79 Å². The molecule has 0 bridgehead atoms. The van der Waals surface area contributed by atoms with Gasteiger partial charge in [0, 0.05) is 11.3 Å². The smallest absolute Gasteiger partial charge is 0.428 e. The van der Waals surface area contributed by atoms with Gasteiger partial charge in [-0.1, -0.05) is 73.5 Å². The molecule has 0 saturated carbocycles. The number of nitrogens with one attached hydrogen (secondary N) is 1. The number of ether oxygens (including phenoxy) is 1. The molecular formula is C18H18N2O4S2. The van der Waals surface area contributed by atoms with E-state index in [0.717, 1.165) is 21.9 Å². The Hall–Kier alpha value is -2.29. The standard InChI is InChI=1S/C18H18N2O4S2/c1-13(21)17(16(22)15-10-6-3-7-11-15)24-18(23)20(19-25)26-12-14-8-4-2-5-9-14/h2-11,17,19,25H,12H2,1H3. The summed E-state index contributed by atoms with van der Waals surface area (Å²) in [6.07, 6.45) is -2.39. The molecular weight excluding hydrogens is 372 g/mol. The van der Waals surface area contributed by atoms with Crippen LogP contribution in [0.25, 0.3) is 0 Å². The topological polar surface area (TPSA) is 75.7 Å². The van der Waals surface area contributed by atoms with Gasteiger partial charge in [0.15, 0.2) is 5.78 Å². The van der Waals surface area contributed by atoms with Gasteiger partial charge in [0.1, 0.15) is 0 Å². The van der Waals surface area contributed by atoms with Gasteiger partial charge in [0.05, 0.1) is 0 Å². The first-order chi connectivity index (χ1) is 12.5. The molecule has 6 nitrogen and oxygen atoms in total. The van der Waals surface area contributed by atoms with Crippen molar-refractivity contribution in [2.75, 3.05) is 0 Å². The van der Waals surface area contributed by atoms with Crippen molar-refractivity contribution in [2.24, 2.45) is 0 Å². The van der Waals surface area contributed by atoms with Crippen molar-refractivity contribution in [3.8, 4) is 0 Å². The Kier molecular flexibility index (Phi) is 7.71. The molecule has 2 aromatic rings. The second kappa shape index (κ2) is 10.0. The summed E-state index contributed by atoms with van der Waals surface area (Å²) < 4.78 is 6.14. The van der Waals surface area contributed by atoms with Crippen molar-refractivity contribution >= 4 is 42.4 Å². The van der Waals surface area contributed by atoms with Gasteiger partial charge in [0.2, 0.25) is 11.9 Å². The second-order valence-electron chi connectivity index (χ2n) is 5.26. The predicted molar refractivity (Wildman–Crippen MR) is 103 cm³/mol. The van der Waals surface area contributed by atoms with Crippen LogP contribution in [0.4, 0.5) is 4.79 Å². The summed E-state index contributed by atoms with van der Waals surface area (Å²) in [7, 11) is 0. The number of ketones is 2. The zero-order valence-electron chi connectivity index (χ0n) is 14.0. The molecule has 1 amide bonds. The van der Waals surface area contributed by atoms with Crippen molar-refractivity contribution < 1.29 is 19.1 Å². The molecule has 1 N–H and O–H groups in total. The summed E-state index contributed by atoms with van der Waals surface area (Å²) in [5, 5.41) is 0. The molecule has 2 rings (SSSR count). The summed E-state index contributed by atoms with van der Waals surface area (Å²) in [5.74, 6) is -0.654. The molecule has 0 heterocycles. The lowest BCUT2D eigenvalue weighted by atomic mass is 10.0. The Morgan fingerprint density at radius 1 is 1.08 bits per heavy atom. The Labute approximate surface area is 161 Å². The monoisotopic (exact) mass is 390 g/mol. The highest BCUT2D eigenvalue weighted by Gasteiger charge is 2.30. The number of amides is 1. The second-order valence-corrected chi connectivity index (χ2v) is 6.37. The molecule has 136 valence electrons. The number of hydrogen-bond acceptors (Lipinski definition) is 7. The van der Waals surface area contributed by atoms with E-state index in [1.165, 1.54) is 6.92 Å². The zero-order chi connectivity index (χ0) is 18.9. The first-order valence-electron chi connectivity index (χ1n) is 7.70. The number of thiol groups is 1. The lowest BCUT2D eigenvalue weighted by Gasteiger charge is -2.21. The number of nitrogens with zero attached hydrogens (tertiary/aromatic N) is 1. The molecule has 26 heavy (non-hydrogen) atoms. The number of hydrogen-bond donors (Lipinski definition) is 2. The van der Waals surface area contributed by atoms with Crippen molar-refractivity contribution in [1.29, 1.82) is 0 Å². The van der Waals surface area contributed by atoms with Gasteiger partial charge >= 0.3 is 6.09 Å². The van der Waals surface area contributed by atoms with Crippen molar-refractivity contribution in [2.45, 2.75) is 18.8 Å². The summed E-state index contributed by atoms with van der Waals surface area (Å²) >= 11 is 4.97. The molecule has 8 heteroatoms. The van der Waals surface area contributed by atoms with Crippen LogP contribution in [0, 0.1) is 0 Å². The van der Waals surface area contributed by atoms with E-state index in [1.54, 1.807) is 30.3 Å². The Bertz CT molecular complexity index is 756. The highest BCUT2D eigenvalue weighted by Crippen LogP contribution is 2.18. The van der Waals surface area contributed by atoms with E-state index >= 15 is 0 Å². The first kappa shape index (κ1) is 20.0. The van der Waals surface area contributed by atoms with Gasteiger partial charge in [0.25, 0.3) is 0 Å². The molecule has 1 unspecified atom stereocenters. The third-order valence-electron chi connectivity index (χ3n) is 3.34. The largest absolute Gasteiger partial charge is 0.436 e. The molecule has 2 aromatic carbocycles. The van der Waals surface area contributed by atoms with Gasteiger partial charge < -0.3 is 4.74 Å². The van der Waals surface area contributed by atoms with Gasteiger partial charge in [-0.2, -0.15) is 9.25 Å². The number of carbonyl (C=O) groups is 3. The minimum Gasteiger partial charge on any atom is -0.428 e. The van der Waals surface area contributed by atoms with Gasteiger partial charge in [-0.15, -0.1) is 0 Å². The molecule has 0 aliphatic rings. The predicted octanol–water partition coefficient (Wildman–Crippen LogP) is 3.46. The zero-order valence-corrected chi connectivity index (χ0v) is 15.7. The molecule has 0 aliphatic carbocycles. The maximum Gasteiger partial charge on any atom is 0.436 e. The fourth-order valence-corrected chi connectivity index (χ4v) is 2.99. The van der Waals surface area contributed by atoms with E-state index in [0.29, 0.717) is 11.3 Å². The first-order valence-corrected chi connectivity index (χ1v) is 9.09. The number of benzene rings is 2. The van der Waals surface area contributed by atoms with Crippen LogP contribution in [0.1, 0.15) is 22.8 Å². The quantitative estimate of drug-likeness (QED) is 0.236. The summed E-state index contributed by atoms with van der Waals surface area (Å²) in [6.45, 7) is 1.20. The summed E-state index contributed by atoms with van der Waals surface area (Å²) in [6, 6.07) is 17.7. The fourth-order valence-electron chi connectivity index (χ4n) is 2.06. The molecule has 0 fully saturated rings. The Balaban J connectivity index is 2.03. The third kappa shape index (κ3) is 5.62. The van der Waals surface area contributed by atoms with Crippen molar-refractivity contribution in [3.05, 3.63) is 71.8 Å². The van der Waals surface area contributed by atoms with Crippen LogP contribution >= 0.6 is 24.8 Å². The van der Waals surface area contributed by atoms with E-state index in [2.05, 4.69) is 17.6 Å². The van der Waals surface area contributed by atoms with Crippen LogP contribution in [0.2, 0.25) is 0 Å². The van der Waals surface area contributed by atoms with E-state index in [-0.39, 0.29) is 0 Å². The summed E-state index contributed by atoms with van der Waals surface area (Å²) in [4.78, 5) is 39.0. The fraction of sp³-hybridized carbons (Fsp3) is 0.167. The molecule has 0 aromatic heterocycles. The number of hydrazine groups is 1. The minimum atomic E-state index is -1.51. The number of Topliss-reactive ketones (excluding diaryl/α,β-unsaturated/α-hetero) is 2. The van der Waals surface area contributed by atoms with Crippen LogP contribution in [0.5, 0.6) is 0 Å². The molecule has 0 radical (unpaired) electrons. The number of carbonyl (C=O) groups excluding carboxylic acids is 3. The highest BCUT2D eigenvalue weighted by atomic mass is 32.2. The highest BCUT2D eigenvalue weighted by molar-refractivity contribution is 7.97. The van der Waals surface area contributed by atoms with Crippen LogP contribution in [0.15, 0.2) is 60.7 Å². The summed E-state index contributed by atoms with van der Waals surface area (Å²) in [5.41, 5.74) is 1.28. The van der Waals surface area contributed by atoms with Gasteiger partial charge in [-0.3, -0.25) is 9.59 Å². The van der Waals surface area contributed by atoms with E-state index in [1.807, 2.05) is 30.3 Å². The van der Waals surface area contributed by atoms with Crippen molar-refractivity contribution in [3.63, 3.8) is 0 Å². The minimum absolute atomic E-state index is 0.294. The van der Waals surface area contributed by atoms with E-state index in [4.69, 9.17) is 4.74 Å². The number of rotatable bonds is 8. The molecule has 0 spiro atoms. The SMILES string of the molecule is CC(=O)C(OC(=O)N(NS)SCc1ccccc1)C(=O)c1ccccc1. The van der Waals surface area contributed by atoms with E-state index in [9.17, 15) is 14.4 Å². The van der Waals surface area contributed by atoms with Crippen LogP contribution in [0.3, 0.4) is 0 Å². The maximum atomic E-state index is 12.4. The average molecular weight is 390 g/mol. The van der Waals surface area contributed by atoms with Crippen LogP contribution < -0.4 is 4.83 Å². The van der Waals surface area contributed by atoms with Crippen LogP contribution in [-0.2, 0) is 15.3 Å². The maximum absolute atomic E-state index is 12.4. The van der Waals surface area contributed by atoms with Crippen LogP contribution in [-0.4, -0.2) is 28.2 Å². The molecule has 0 aliphatic heterocycles. The van der Waals surface area contributed by atoms with Gasteiger partial charge in [-0.05, 0) is 24.4 Å². The molecule has 1 atom stereocenters. The lowest BCUT2D eigenvalue weighted by Crippen LogP contribution is -2.40. The average Bonchev–Trinajstić information content (AvgIpc) is 2.67. The van der Waals surface area contributed by atoms with Crippen molar-refractivity contribution in [1.82, 2.24) is 9.25 Å². The molecule has 0 saturated heterocycles. The lowest BCUT2D eigenvalue weighted by molar-refractivity contribution is -0.123. The van der Waals surface area contributed by atoms with E-state index < -0.39 is 23.8 Å². The third-order valence-corrected chi connectivity index (χ3v) is 4.64. The Morgan fingerprint density at radius 2 is 1.65 bits per heavy atom.